The molecule has 1 N–H and O–H groups in total. The maximum atomic E-state index is 11.7. The van der Waals surface area contributed by atoms with Crippen LogP contribution >= 0.6 is 0 Å². The Labute approximate surface area is 130 Å². The highest BCUT2D eigenvalue weighted by molar-refractivity contribution is 7.91. The van der Waals surface area contributed by atoms with Crippen LogP contribution in [0.15, 0.2) is 24.5 Å². The van der Waals surface area contributed by atoms with E-state index < -0.39 is 9.73 Å². The number of methoxy groups -OCH3 is 1. The third-order valence-electron chi connectivity index (χ3n) is 3.97. The van der Waals surface area contributed by atoms with Crippen molar-refractivity contribution in [2.24, 2.45) is 5.92 Å². The highest BCUT2D eigenvalue weighted by Crippen LogP contribution is 2.32. The van der Waals surface area contributed by atoms with Crippen molar-refractivity contribution in [2.75, 3.05) is 37.1 Å². The second-order valence-electron chi connectivity index (χ2n) is 5.83. The molecule has 2 aromatic rings. The van der Waals surface area contributed by atoms with E-state index in [4.69, 9.17) is 9.52 Å². The van der Waals surface area contributed by atoms with Gasteiger partial charge in [0.1, 0.15) is 23.4 Å². The molecule has 0 bridgehead atoms. The summed E-state index contributed by atoms with van der Waals surface area (Å²) in [6, 6.07) is 5.82. The highest BCUT2D eigenvalue weighted by atomic mass is 32.2. The topological polar surface area (TPSA) is 79.2 Å². The molecule has 2 atom stereocenters. The molecule has 7 heteroatoms. The first-order valence-electron chi connectivity index (χ1n) is 7.22. The second kappa shape index (κ2) is 5.72. The van der Waals surface area contributed by atoms with Crippen molar-refractivity contribution in [2.45, 2.75) is 6.42 Å². The Morgan fingerprint density at radius 3 is 3.00 bits per heavy atom. The van der Waals surface area contributed by atoms with Gasteiger partial charge in [0, 0.05) is 40.2 Å². The third kappa shape index (κ3) is 2.99. The summed E-state index contributed by atoms with van der Waals surface area (Å²) in [7, 11) is -0.812. The minimum atomic E-state index is -2.45. The summed E-state index contributed by atoms with van der Waals surface area (Å²) in [5, 5.41) is 0.964. The van der Waals surface area contributed by atoms with E-state index in [1.54, 1.807) is 13.4 Å². The molecule has 1 aromatic heterocycles. The van der Waals surface area contributed by atoms with E-state index in [0.29, 0.717) is 5.75 Å². The van der Waals surface area contributed by atoms with E-state index >= 15 is 0 Å². The molecule has 22 heavy (non-hydrogen) atoms. The van der Waals surface area contributed by atoms with Crippen LogP contribution < -0.4 is 9.64 Å². The Morgan fingerprint density at radius 2 is 2.27 bits per heavy atom. The normalized spacial score (nSPS) is 21.0. The third-order valence-corrected chi connectivity index (χ3v) is 5.07. The van der Waals surface area contributed by atoms with Gasteiger partial charge < -0.3 is 9.64 Å². The summed E-state index contributed by atoms with van der Waals surface area (Å²) in [4.78, 5) is 11.0. The molecule has 3 rings (SSSR count). The van der Waals surface area contributed by atoms with Gasteiger partial charge in [-0.3, -0.25) is 8.99 Å². The van der Waals surface area contributed by atoms with Gasteiger partial charge in [-0.15, -0.1) is 0 Å². The maximum absolute atomic E-state index is 11.7. The number of rotatable bonds is 4. The number of para-hydroxylation sites is 1. The van der Waals surface area contributed by atoms with Gasteiger partial charge in [0.2, 0.25) is 0 Å². The molecule has 1 saturated heterocycles. The van der Waals surface area contributed by atoms with Gasteiger partial charge in [-0.05, 0) is 24.5 Å². The molecule has 0 unspecified atom stereocenters. The number of anilines is 1. The molecule has 0 aliphatic carbocycles. The fraction of sp³-hybridized carbons (Fsp3) is 0.467. The van der Waals surface area contributed by atoms with Crippen LogP contribution in [0.1, 0.15) is 6.42 Å². The van der Waals surface area contributed by atoms with Crippen molar-refractivity contribution in [3.8, 4) is 5.75 Å². The molecule has 1 aliphatic rings. The van der Waals surface area contributed by atoms with Crippen LogP contribution in [0, 0.1) is 10.7 Å². The number of fused-ring (bicyclic) bond motifs is 1. The van der Waals surface area contributed by atoms with Gasteiger partial charge >= 0.3 is 0 Å². The van der Waals surface area contributed by atoms with Gasteiger partial charge in [-0.1, -0.05) is 6.07 Å². The molecule has 0 radical (unpaired) electrons. The number of aromatic nitrogens is 2. The minimum Gasteiger partial charge on any atom is -0.494 e. The summed E-state index contributed by atoms with van der Waals surface area (Å²) >= 11 is 0. The van der Waals surface area contributed by atoms with Gasteiger partial charge in [-0.2, -0.15) is 0 Å². The fourth-order valence-corrected chi connectivity index (χ4v) is 4.25. The van der Waals surface area contributed by atoms with E-state index in [-0.39, 0.29) is 5.92 Å². The molecule has 1 aliphatic heterocycles. The van der Waals surface area contributed by atoms with Crippen LogP contribution in [0.4, 0.5) is 5.82 Å². The van der Waals surface area contributed by atoms with Crippen molar-refractivity contribution in [3.63, 3.8) is 0 Å². The maximum Gasteiger partial charge on any atom is 0.145 e. The zero-order valence-corrected chi connectivity index (χ0v) is 13.6. The van der Waals surface area contributed by atoms with Crippen molar-refractivity contribution < 1.29 is 8.95 Å². The summed E-state index contributed by atoms with van der Waals surface area (Å²) in [6.45, 7) is 1.65. The zero-order valence-electron chi connectivity index (χ0n) is 12.8. The highest BCUT2D eigenvalue weighted by Gasteiger charge is 2.26. The lowest BCUT2D eigenvalue weighted by Gasteiger charge is -2.19. The van der Waals surface area contributed by atoms with Crippen LogP contribution in [0.2, 0.25) is 0 Å². The van der Waals surface area contributed by atoms with E-state index in [2.05, 4.69) is 14.9 Å². The van der Waals surface area contributed by atoms with E-state index in [1.807, 2.05) is 18.2 Å². The van der Waals surface area contributed by atoms with Crippen LogP contribution in [-0.2, 0) is 9.73 Å². The van der Waals surface area contributed by atoms with Crippen LogP contribution in [-0.4, -0.2) is 46.4 Å². The molecule has 118 valence electrons. The summed E-state index contributed by atoms with van der Waals surface area (Å²) in [6.07, 6.45) is 4.01. The first-order valence-corrected chi connectivity index (χ1v) is 9.35. The first-order chi connectivity index (χ1) is 10.5. The zero-order chi connectivity index (χ0) is 15.7. The molecule has 0 amide bonds. The van der Waals surface area contributed by atoms with Crippen molar-refractivity contribution in [1.29, 1.82) is 4.78 Å². The summed E-state index contributed by atoms with van der Waals surface area (Å²) in [5.41, 5.74) is 0.804. The standard InChI is InChI=1S/C15H20N4O2S/c1-21-13-5-3-4-12-14(13)17-10-18-15(12)19-7-6-11(8-19)9-22(2,16)20/h3-5,10-11,16H,6-9H2,1-2H3/t11-,22+/m1/s1. The number of nitrogens with zero attached hydrogens (tertiary/aromatic N) is 3. The lowest BCUT2D eigenvalue weighted by atomic mass is 10.2. The van der Waals surface area contributed by atoms with Crippen molar-refractivity contribution in [3.05, 3.63) is 24.5 Å². The molecular weight excluding hydrogens is 300 g/mol. The monoisotopic (exact) mass is 320 g/mol. The Bertz CT molecular complexity index is 791. The lowest BCUT2D eigenvalue weighted by molar-refractivity contribution is 0.419. The summed E-state index contributed by atoms with van der Waals surface area (Å²) in [5.74, 6) is 2.36. The Kier molecular flexibility index (Phi) is 3.90. The van der Waals surface area contributed by atoms with Crippen LogP contribution in [0.25, 0.3) is 10.9 Å². The van der Waals surface area contributed by atoms with Crippen molar-refractivity contribution >= 4 is 26.4 Å². The smallest absolute Gasteiger partial charge is 0.145 e. The largest absolute Gasteiger partial charge is 0.494 e. The van der Waals surface area contributed by atoms with Gasteiger partial charge in [0.05, 0.1) is 7.11 Å². The fourth-order valence-electron chi connectivity index (χ4n) is 3.07. The van der Waals surface area contributed by atoms with Gasteiger partial charge in [0.25, 0.3) is 0 Å². The lowest BCUT2D eigenvalue weighted by Crippen LogP contribution is -2.23. The number of hydrogen-bond donors (Lipinski definition) is 1. The predicted molar refractivity (Wildman–Crippen MR) is 88.1 cm³/mol. The Balaban J connectivity index is 1.92. The van der Waals surface area contributed by atoms with Crippen LogP contribution in [0.3, 0.4) is 0 Å². The van der Waals surface area contributed by atoms with Crippen molar-refractivity contribution in [1.82, 2.24) is 9.97 Å². The first kappa shape index (κ1) is 15.0. The molecule has 0 spiro atoms. The van der Waals surface area contributed by atoms with Gasteiger partial charge in [-0.25, -0.2) is 9.97 Å². The molecule has 0 saturated carbocycles. The minimum absolute atomic E-state index is 0.283. The molecule has 2 heterocycles. The summed E-state index contributed by atoms with van der Waals surface area (Å²) < 4.78 is 24.7. The molecular formula is C15H20N4O2S. The van der Waals surface area contributed by atoms with E-state index in [1.165, 1.54) is 6.26 Å². The Morgan fingerprint density at radius 1 is 1.45 bits per heavy atom. The molecule has 6 nitrogen and oxygen atoms in total. The average Bonchev–Trinajstić information content (AvgIpc) is 2.92. The second-order valence-corrected chi connectivity index (χ2v) is 8.17. The number of ether oxygens (including phenoxy) is 1. The van der Waals surface area contributed by atoms with Gasteiger partial charge in [0.15, 0.2) is 0 Å². The van der Waals surface area contributed by atoms with E-state index in [0.717, 1.165) is 42.0 Å². The molecule has 1 fully saturated rings. The Hall–Kier alpha value is -1.89. The van der Waals surface area contributed by atoms with Crippen LogP contribution in [0.5, 0.6) is 5.75 Å². The number of hydrogen-bond acceptors (Lipinski definition) is 6. The van der Waals surface area contributed by atoms with E-state index in [9.17, 15) is 4.21 Å². The average molecular weight is 320 g/mol. The predicted octanol–water partition coefficient (Wildman–Crippen LogP) is 2.14. The quantitative estimate of drug-likeness (QED) is 0.933. The number of nitrogens with one attached hydrogen (secondary N) is 1. The number of benzene rings is 1. The molecule has 1 aromatic carbocycles. The SMILES string of the molecule is COc1cccc2c(N3CC[C@@H](C[S@@](C)(=N)=O)C3)ncnc12.